The van der Waals surface area contributed by atoms with Crippen molar-refractivity contribution in [2.45, 2.75) is 26.6 Å². The van der Waals surface area contributed by atoms with Gasteiger partial charge in [-0.3, -0.25) is 0 Å². The van der Waals surface area contributed by atoms with Crippen LogP contribution in [0.5, 0.6) is 11.5 Å². The molecule has 2 aromatic rings. The minimum absolute atomic E-state index is 0. The number of hydrogen-bond donors (Lipinski definition) is 2. The van der Waals surface area contributed by atoms with Crippen LogP contribution in [0.1, 0.15) is 18.1 Å². The zero-order valence-electron chi connectivity index (χ0n) is 15.5. The molecular formula is C19H23F3IN3O2. The predicted molar refractivity (Wildman–Crippen MR) is 113 cm³/mol. The Bertz CT molecular complexity index is 776. The van der Waals surface area contributed by atoms with Crippen LogP contribution in [0, 0.1) is 5.82 Å². The van der Waals surface area contributed by atoms with Crippen molar-refractivity contribution in [1.29, 1.82) is 0 Å². The van der Waals surface area contributed by atoms with Crippen molar-refractivity contribution in [2.24, 2.45) is 4.99 Å². The van der Waals surface area contributed by atoms with E-state index in [1.807, 2.05) is 31.2 Å². The fourth-order valence-electron chi connectivity index (χ4n) is 2.37. The van der Waals surface area contributed by atoms with Gasteiger partial charge in [0.2, 0.25) is 0 Å². The number of nitrogens with zero attached hydrogens (tertiary/aromatic N) is 1. The average Bonchev–Trinajstić information content (AvgIpc) is 2.65. The van der Waals surface area contributed by atoms with Crippen LogP contribution in [0.15, 0.2) is 47.5 Å². The van der Waals surface area contributed by atoms with Crippen LogP contribution in [-0.4, -0.2) is 26.2 Å². The van der Waals surface area contributed by atoms with Crippen molar-refractivity contribution >= 4 is 29.9 Å². The molecule has 5 nitrogen and oxygen atoms in total. The van der Waals surface area contributed by atoms with E-state index in [2.05, 4.69) is 20.4 Å². The first-order valence-corrected chi connectivity index (χ1v) is 8.40. The molecule has 0 aliphatic heterocycles. The molecule has 2 N–H and O–H groups in total. The smallest absolute Gasteiger partial charge is 0.387 e. The summed E-state index contributed by atoms with van der Waals surface area (Å²) >= 11 is 0. The molecule has 0 saturated carbocycles. The number of benzene rings is 2. The highest BCUT2D eigenvalue weighted by molar-refractivity contribution is 14.0. The van der Waals surface area contributed by atoms with E-state index >= 15 is 0 Å². The number of ether oxygens (including phenoxy) is 2. The van der Waals surface area contributed by atoms with Crippen LogP contribution in [-0.2, 0) is 13.1 Å². The lowest BCUT2D eigenvalue weighted by Crippen LogP contribution is -2.37. The maximum absolute atomic E-state index is 14.0. The third-order valence-corrected chi connectivity index (χ3v) is 3.62. The summed E-state index contributed by atoms with van der Waals surface area (Å²) in [6.45, 7) is -0.248. The largest absolute Gasteiger partial charge is 0.497 e. The first-order chi connectivity index (χ1) is 13.0. The molecule has 0 aliphatic carbocycles. The quantitative estimate of drug-likeness (QED) is 0.317. The Morgan fingerprint density at radius 2 is 1.89 bits per heavy atom. The average molecular weight is 509 g/mol. The van der Waals surface area contributed by atoms with Gasteiger partial charge >= 0.3 is 6.61 Å². The Balaban J connectivity index is 0.00000392. The highest BCUT2D eigenvalue weighted by Gasteiger charge is 2.14. The zero-order chi connectivity index (χ0) is 19.6. The molecule has 2 rings (SSSR count). The number of nitrogens with one attached hydrogen (secondary N) is 2. The van der Waals surface area contributed by atoms with Gasteiger partial charge in [-0.1, -0.05) is 18.2 Å². The van der Waals surface area contributed by atoms with Gasteiger partial charge in [-0.05, 0) is 36.8 Å². The predicted octanol–water partition coefficient (Wildman–Crippen LogP) is 4.31. The Morgan fingerprint density at radius 3 is 2.57 bits per heavy atom. The van der Waals surface area contributed by atoms with Crippen molar-refractivity contribution in [3.63, 3.8) is 0 Å². The van der Waals surface area contributed by atoms with E-state index in [0.717, 1.165) is 11.3 Å². The number of aliphatic imine (C=N–C) groups is 1. The van der Waals surface area contributed by atoms with Gasteiger partial charge in [-0.25, -0.2) is 9.38 Å². The molecule has 0 fully saturated rings. The van der Waals surface area contributed by atoms with E-state index in [0.29, 0.717) is 19.0 Å². The lowest BCUT2D eigenvalue weighted by Gasteiger charge is -2.15. The van der Waals surface area contributed by atoms with E-state index < -0.39 is 12.4 Å². The topological polar surface area (TPSA) is 54.9 Å². The fraction of sp³-hybridized carbons (Fsp3) is 0.316. The van der Waals surface area contributed by atoms with Gasteiger partial charge in [-0.2, -0.15) is 8.78 Å². The number of alkyl halides is 2. The third-order valence-electron chi connectivity index (χ3n) is 3.62. The van der Waals surface area contributed by atoms with Crippen LogP contribution >= 0.6 is 24.0 Å². The van der Waals surface area contributed by atoms with Crippen LogP contribution in [0.25, 0.3) is 0 Å². The number of halogens is 4. The number of hydrogen-bond acceptors (Lipinski definition) is 3. The van der Waals surface area contributed by atoms with Crippen LogP contribution < -0.4 is 20.1 Å². The highest BCUT2D eigenvalue weighted by Crippen LogP contribution is 2.23. The third kappa shape index (κ3) is 7.45. The van der Waals surface area contributed by atoms with Gasteiger partial charge in [-0.15, -0.1) is 24.0 Å². The molecule has 0 bridgehead atoms. The Hall–Kier alpha value is -2.17. The van der Waals surface area contributed by atoms with Crippen molar-refractivity contribution in [3.05, 3.63) is 59.4 Å². The zero-order valence-corrected chi connectivity index (χ0v) is 17.9. The molecule has 9 heteroatoms. The molecule has 0 heterocycles. The standard InChI is InChI=1S/C19H22F3N3O2.HI/c1-3-23-19(24-11-13-6-4-7-14(10-13)26-2)25-12-15-16(20)8-5-9-17(15)27-18(21)22;/h4-10,18H,3,11-12H2,1-2H3,(H2,23,24,25);1H. The van der Waals surface area contributed by atoms with E-state index in [1.165, 1.54) is 18.2 Å². The second kappa shape index (κ2) is 12.3. The molecule has 154 valence electrons. The normalized spacial score (nSPS) is 11.0. The van der Waals surface area contributed by atoms with Crippen molar-refractivity contribution in [1.82, 2.24) is 10.6 Å². The fourth-order valence-corrected chi connectivity index (χ4v) is 2.37. The first-order valence-electron chi connectivity index (χ1n) is 8.40. The Kier molecular flexibility index (Phi) is 10.5. The Morgan fingerprint density at radius 1 is 1.14 bits per heavy atom. The van der Waals surface area contributed by atoms with Gasteiger partial charge in [0.15, 0.2) is 5.96 Å². The summed E-state index contributed by atoms with van der Waals surface area (Å²) in [6, 6.07) is 11.3. The van der Waals surface area contributed by atoms with E-state index in [-0.39, 0.29) is 41.8 Å². The number of methoxy groups -OCH3 is 1. The number of rotatable bonds is 8. The summed E-state index contributed by atoms with van der Waals surface area (Å²) < 4.78 is 48.6. The summed E-state index contributed by atoms with van der Waals surface area (Å²) in [7, 11) is 1.58. The van der Waals surface area contributed by atoms with Crippen LogP contribution in [0.3, 0.4) is 0 Å². The van der Waals surface area contributed by atoms with Crippen LogP contribution in [0.2, 0.25) is 0 Å². The molecular weight excluding hydrogens is 486 g/mol. The van der Waals surface area contributed by atoms with E-state index in [1.54, 1.807) is 7.11 Å². The molecule has 0 radical (unpaired) electrons. The number of guanidine groups is 1. The molecule has 0 spiro atoms. The molecule has 0 atom stereocenters. The van der Waals surface area contributed by atoms with E-state index in [9.17, 15) is 13.2 Å². The first kappa shape index (κ1) is 23.9. The molecule has 0 unspecified atom stereocenters. The van der Waals surface area contributed by atoms with Gasteiger partial charge in [0.25, 0.3) is 0 Å². The molecule has 0 saturated heterocycles. The summed E-state index contributed by atoms with van der Waals surface area (Å²) in [6.07, 6.45) is 0. The lowest BCUT2D eigenvalue weighted by molar-refractivity contribution is -0.0506. The second-order valence-electron chi connectivity index (χ2n) is 5.50. The summed E-state index contributed by atoms with van der Waals surface area (Å²) in [5, 5.41) is 5.96. The van der Waals surface area contributed by atoms with Gasteiger partial charge in [0.1, 0.15) is 17.3 Å². The lowest BCUT2D eigenvalue weighted by atomic mass is 10.2. The van der Waals surface area contributed by atoms with Crippen molar-refractivity contribution < 1.29 is 22.6 Å². The Labute approximate surface area is 179 Å². The molecule has 2 aromatic carbocycles. The molecule has 0 aliphatic rings. The van der Waals surface area contributed by atoms with E-state index in [4.69, 9.17) is 4.74 Å². The highest BCUT2D eigenvalue weighted by atomic mass is 127. The van der Waals surface area contributed by atoms with Gasteiger partial charge in [0.05, 0.1) is 13.7 Å². The van der Waals surface area contributed by atoms with Gasteiger partial charge < -0.3 is 20.1 Å². The monoisotopic (exact) mass is 509 g/mol. The van der Waals surface area contributed by atoms with Crippen molar-refractivity contribution in [2.75, 3.05) is 13.7 Å². The van der Waals surface area contributed by atoms with Crippen LogP contribution in [0.4, 0.5) is 13.2 Å². The molecule has 0 amide bonds. The van der Waals surface area contributed by atoms with Gasteiger partial charge in [0, 0.05) is 18.7 Å². The maximum Gasteiger partial charge on any atom is 0.387 e. The molecule has 0 aromatic heterocycles. The van der Waals surface area contributed by atoms with Crippen molar-refractivity contribution in [3.8, 4) is 11.5 Å². The maximum atomic E-state index is 14.0. The summed E-state index contributed by atoms with van der Waals surface area (Å²) in [4.78, 5) is 4.42. The second-order valence-corrected chi connectivity index (χ2v) is 5.50. The minimum atomic E-state index is -3.03. The molecule has 28 heavy (non-hydrogen) atoms. The summed E-state index contributed by atoms with van der Waals surface area (Å²) in [5.74, 6) is 0.304. The minimum Gasteiger partial charge on any atom is -0.497 e. The summed E-state index contributed by atoms with van der Waals surface area (Å²) in [5.41, 5.74) is 0.934. The SMILES string of the molecule is CCNC(=NCc1cccc(OC)c1)NCc1c(F)cccc1OC(F)F.I.